The number of aromatic nitrogens is 1. The Bertz CT molecular complexity index is 502. The average Bonchev–Trinajstić information content (AvgIpc) is 2.73. The van der Waals surface area contributed by atoms with Gasteiger partial charge in [0.2, 0.25) is 0 Å². The van der Waals surface area contributed by atoms with Gasteiger partial charge < -0.3 is 15.0 Å². The van der Waals surface area contributed by atoms with Gasteiger partial charge in [-0.25, -0.2) is 0 Å². The van der Waals surface area contributed by atoms with Crippen molar-refractivity contribution in [1.29, 1.82) is 0 Å². The van der Waals surface area contributed by atoms with Crippen LogP contribution >= 0.6 is 0 Å². The van der Waals surface area contributed by atoms with Gasteiger partial charge in [-0.3, -0.25) is 0 Å². The molecule has 2 rings (SSSR count). The number of nitrogens with zero attached hydrogens (tertiary/aromatic N) is 1. The van der Waals surface area contributed by atoms with Crippen LogP contribution in [0.25, 0.3) is 10.9 Å². The minimum Gasteiger partial charge on any atom is -0.398 e. The molecule has 0 unspecified atom stereocenters. The van der Waals surface area contributed by atoms with E-state index in [0.29, 0.717) is 5.92 Å². The monoisotopic (exact) mass is 246 g/mol. The van der Waals surface area contributed by atoms with Crippen molar-refractivity contribution in [2.75, 3.05) is 18.9 Å². The first-order chi connectivity index (χ1) is 8.68. The SMILES string of the molecule is CC(C)CCOCCn1ccc2c(N)cccc21. The van der Waals surface area contributed by atoms with E-state index >= 15 is 0 Å². The van der Waals surface area contributed by atoms with E-state index in [4.69, 9.17) is 10.5 Å². The maximum atomic E-state index is 5.93. The normalized spacial score (nSPS) is 11.5. The highest BCUT2D eigenvalue weighted by atomic mass is 16.5. The van der Waals surface area contributed by atoms with Crippen LogP contribution in [0.1, 0.15) is 20.3 Å². The van der Waals surface area contributed by atoms with Gasteiger partial charge in [-0.15, -0.1) is 0 Å². The molecule has 2 aromatic rings. The number of nitrogen functional groups attached to an aromatic ring is 1. The first kappa shape index (κ1) is 13.0. The highest BCUT2D eigenvalue weighted by Crippen LogP contribution is 2.21. The molecule has 0 saturated heterocycles. The van der Waals surface area contributed by atoms with Crippen LogP contribution in [0.4, 0.5) is 5.69 Å². The minimum absolute atomic E-state index is 0.706. The summed E-state index contributed by atoms with van der Waals surface area (Å²) in [6, 6.07) is 8.10. The molecule has 0 amide bonds. The van der Waals surface area contributed by atoms with Crippen molar-refractivity contribution in [2.24, 2.45) is 5.92 Å². The van der Waals surface area contributed by atoms with E-state index in [1.807, 2.05) is 12.1 Å². The van der Waals surface area contributed by atoms with Gasteiger partial charge in [-0.05, 0) is 30.5 Å². The summed E-state index contributed by atoms with van der Waals surface area (Å²) in [5.74, 6) is 0.706. The summed E-state index contributed by atoms with van der Waals surface area (Å²) in [5.41, 5.74) is 7.96. The zero-order chi connectivity index (χ0) is 13.0. The topological polar surface area (TPSA) is 40.2 Å². The molecule has 98 valence electrons. The van der Waals surface area contributed by atoms with Crippen molar-refractivity contribution in [1.82, 2.24) is 4.57 Å². The summed E-state index contributed by atoms with van der Waals surface area (Å²) < 4.78 is 7.84. The van der Waals surface area contributed by atoms with Crippen molar-refractivity contribution in [2.45, 2.75) is 26.8 Å². The lowest BCUT2D eigenvalue weighted by Gasteiger charge is -2.08. The Labute approximate surface area is 109 Å². The van der Waals surface area contributed by atoms with E-state index in [0.717, 1.165) is 37.3 Å². The zero-order valence-corrected chi connectivity index (χ0v) is 11.2. The number of fused-ring (bicyclic) bond motifs is 1. The van der Waals surface area contributed by atoms with Gasteiger partial charge in [-0.1, -0.05) is 19.9 Å². The molecule has 0 aliphatic heterocycles. The van der Waals surface area contributed by atoms with Gasteiger partial charge in [0, 0.05) is 30.4 Å². The molecular weight excluding hydrogens is 224 g/mol. The Kier molecular flexibility index (Phi) is 4.26. The molecule has 0 aliphatic rings. The summed E-state index contributed by atoms with van der Waals surface area (Å²) in [4.78, 5) is 0. The number of hydrogen-bond acceptors (Lipinski definition) is 2. The van der Waals surface area contributed by atoms with Crippen LogP contribution in [0, 0.1) is 5.92 Å². The number of anilines is 1. The quantitative estimate of drug-likeness (QED) is 0.627. The molecule has 0 bridgehead atoms. The molecule has 0 aliphatic carbocycles. The van der Waals surface area contributed by atoms with Gasteiger partial charge in [-0.2, -0.15) is 0 Å². The molecule has 1 aromatic carbocycles. The fraction of sp³-hybridized carbons (Fsp3) is 0.467. The van der Waals surface area contributed by atoms with Crippen LogP contribution in [0.5, 0.6) is 0 Å². The molecule has 3 heteroatoms. The highest BCUT2D eigenvalue weighted by molar-refractivity contribution is 5.91. The molecule has 0 saturated carbocycles. The van der Waals surface area contributed by atoms with E-state index < -0.39 is 0 Å². The predicted octanol–water partition coefficient (Wildman–Crippen LogP) is 3.29. The van der Waals surface area contributed by atoms with E-state index in [1.54, 1.807) is 0 Å². The first-order valence-electron chi connectivity index (χ1n) is 6.59. The van der Waals surface area contributed by atoms with Crippen LogP contribution in [0.3, 0.4) is 0 Å². The zero-order valence-electron chi connectivity index (χ0n) is 11.2. The van der Waals surface area contributed by atoms with Crippen LogP contribution in [-0.4, -0.2) is 17.8 Å². The Hall–Kier alpha value is -1.48. The van der Waals surface area contributed by atoms with Crippen molar-refractivity contribution in [3.8, 4) is 0 Å². The van der Waals surface area contributed by atoms with Crippen LogP contribution in [-0.2, 0) is 11.3 Å². The second-order valence-corrected chi connectivity index (χ2v) is 5.08. The van der Waals surface area contributed by atoms with Crippen molar-refractivity contribution in [3.05, 3.63) is 30.5 Å². The lowest BCUT2D eigenvalue weighted by Crippen LogP contribution is -2.07. The van der Waals surface area contributed by atoms with Gasteiger partial charge >= 0.3 is 0 Å². The lowest BCUT2D eigenvalue weighted by atomic mass is 10.1. The molecule has 0 radical (unpaired) electrons. The van der Waals surface area contributed by atoms with Crippen LogP contribution in [0.2, 0.25) is 0 Å². The van der Waals surface area contributed by atoms with E-state index in [-0.39, 0.29) is 0 Å². The molecule has 18 heavy (non-hydrogen) atoms. The lowest BCUT2D eigenvalue weighted by molar-refractivity contribution is 0.117. The van der Waals surface area contributed by atoms with Crippen molar-refractivity contribution in [3.63, 3.8) is 0 Å². The number of nitrogens with two attached hydrogens (primary N) is 1. The van der Waals surface area contributed by atoms with E-state index in [2.05, 4.69) is 36.7 Å². The fourth-order valence-corrected chi connectivity index (χ4v) is 2.03. The maximum absolute atomic E-state index is 5.93. The summed E-state index contributed by atoms with van der Waals surface area (Å²) >= 11 is 0. The molecule has 2 N–H and O–H groups in total. The van der Waals surface area contributed by atoms with E-state index in [9.17, 15) is 0 Å². The molecule has 3 nitrogen and oxygen atoms in total. The second-order valence-electron chi connectivity index (χ2n) is 5.08. The summed E-state index contributed by atoms with van der Waals surface area (Å²) in [6.07, 6.45) is 3.20. The standard InChI is InChI=1S/C15H22N2O/c1-12(2)7-10-18-11-9-17-8-6-13-14(16)4-3-5-15(13)17/h3-6,8,12H,7,9-11,16H2,1-2H3. The van der Waals surface area contributed by atoms with Crippen LogP contribution in [0.15, 0.2) is 30.5 Å². The Morgan fingerprint density at radius 3 is 2.83 bits per heavy atom. The molecule has 0 spiro atoms. The minimum atomic E-state index is 0.706. The number of hydrogen-bond donors (Lipinski definition) is 1. The molecule has 0 atom stereocenters. The van der Waals surface area contributed by atoms with Crippen LogP contribution < -0.4 is 5.73 Å². The number of ether oxygens (including phenoxy) is 1. The van der Waals surface area contributed by atoms with Gasteiger partial charge in [0.25, 0.3) is 0 Å². The van der Waals surface area contributed by atoms with Crippen molar-refractivity contribution >= 4 is 16.6 Å². The summed E-state index contributed by atoms with van der Waals surface area (Å²) in [5, 5.41) is 1.12. The van der Waals surface area contributed by atoms with Crippen molar-refractivity contribution < 1.29 is 4.74 Å². The largest absolute Gasteiger partial charge is 0.398 e. The third-order valence-electron chi connectivity index (χ3n) is 3.16. The third kappa shape index (κ3) is 3.05. The first-order valence-corrected chi connectivity index (χ1v) is 6.59. The average molecular weight is 246 g/mol. The third-order valence-corrected chi connectivity index (χ3v) is 3.16. The van der Waals surface area contributed by atoms with Gasteiger partial charge in [0.1, 0.15) is 0 Å². The predicted molar refractivity (Wildman–Crippen MR) is 76.6 cm³/mol. The Morgan fingerprint density at radius 2 is 2.06 bits per heavy atom. The molecule has 0 fully saturated rings. The summed E-state index contributed by atoms with van der Waals surface area (Å²) in [7, 11) is 0. The molecular formula is C15H22N2O. The summed E-state index contributed by atoms with van der Waals surface area (Å²) in [6.45, 7) is 6.91. The molecule has 1 heterocycles. The van der Waals surface area contributed by atoms with E-state index in [1.165, 1.54) is 5.52 Å². The number of rotatable bonds is 6. The number of benzene rings is 1. The Morgan fingerprint density at radius 1 is 1.22 bits per heavy atom. The maximum Gasteiger partial charge on any atom is 0.0645 e. The molecule has 1 aromatic heterocycles. The highest BCUT2D eigenvalue weighted by Gasteiger charge is 2.03. The van der Waals surface area contributed by atoms with Gasteiger partial charge in [0.05, 0.1) is 12.1 Å². The smallest absolute Gasteiger partial charge is 0.0645 e. The second kappa shape index (κ2) is 5.91. The van der Waals surface area contributed by atoms with Gasteiger partial charge in [0.15, 0.2) is 0 Å². The Balaban J connectivity index is 1.90. The fourth-order valence-electron chi connectivity index (χ4n) is 2.03.